The van der Waals surface area contributed by atoms with Gasteiger partial charge in [-0.3, -0.25) is 14.4 Å². The second kappa shape index (κ2) is 9.11. The maximum absolute atomic E-state index is 12.8. The number of para-hydroxylation sites is 1. The van der Waals surface area contributed by atoms with Crippen LogP contribution in [0.15, 0.2) is 48.5 Å². The fourth-order valence-corrected chi connectivity index (χ4v) is 3.68. The van der Waals surface area contributed by atoms with E-state index in [9.17, 15) is 14.4 Å². The molecule has 0 bridgehead atoms. The van der Waals surface area contributed by atoms with Crippen LogP contribution in [-0.2, 0) is 9.59 Å². The monoisotopic (exact) mass is 407 g/mol. The Labute approximate surface area is 177 Å². The molecule has 1 aliphatic rings. The molecule has 0 saturated carbocycles. The van der Waals surface area contributed by atoms with E-state index in [2.05, 4.69) is 25.2 Å². The summed E-state index contributed by atoms with van der Waals surface area (Å²) < 4.78 is 0. The van der Waals surface area contributed by atoms with Crippen molar-refractivity contribution in [2.24, 2.45) is 5.92 Å². The first kappa shape index (κ1) is 21.6. The highest BCUT2D eigenvalue weighted by molar-refractivity contribution is 6.04. The van der Waals surface area contributed by atoms with Gasteiger partial charge in [0.15, 0.2) is 0 Å². The maximum atomic E-state index is 12.8. The van der Waals surface area contributed by atoms with Crippen LogP contribution >= 0.6 is 0 Å². The number of hydrogen-bond acceptors (Lipinski definition) is 3. The molecule has 0 aromatic heterocycles. The zero-order valence-electron chi connectivity index (χ0n) is 18.0. The summed E-state index contributed by atoms with van der Waals surface area (Å²) in [6.45, 7) is 4.64. The molecular formula is C24H29N3O3. The van der Waals surface area contributed by atoms with E-state index in [0.717, 1.165) is 17.7 Å². The molecule has 0 unspecified atom stereocenters. The number of amides is 3. The third-order valence-corrected chi connectivity index (χ3v) is 5.67. The van der Waals surface area contributed by atoms with Crippen molar-refractivity contribution in [1.82, 2.24) is 4.90 Å². The average Bonchev–Trinajstić information content (AvgIpc) is 3.14. The van der Waals surface area contributed by atoms with Crippen LogP contribution in [0.1, 0.15) is 48.5 Å². The molecule has 2 aromatic carbocycles. The van der Waals surface area contributed by atoms with Gasteiger partial charge in [-0.1, -0.05) is 32.0 Å². The van der Waals surface area contributed by atoms with E-state index < -0.39 is 5.92 Å². The first-order valence-electron chi connectivity index (χ1n) is 10.3. The standard InChI is InChI=1S/C24H29N3O3/c1-5-16(2)20-8-6-7-9-21(20)27-15-18(14-22(27)28)23(29)25-19-12-10-17(11-13-19)24(30)26(3)4/h6-13,16,18H,5,14-15H2,1-4H3,(H,25,29)/t16-,18-/m1/s1. The van der Waals surface area contributed by atoms with Gasteiger partial charge in [-0.2, -0.15) is 0 Å². The summed E-state index contributed by atoms with van der Waals surface area (Å²) in [5.74, 6) is -0.378. The van der Waals surface area contributed by atoms with Crippen LogP contribution in [-0.4, -0.2) is 43.3 Å². The topological polar surface area (TPSA) is 69.7 Å². The van der Waals surface area contributed by atoms with Gasteiger partial charge in [0.2, 0.25) is 11.8 Å². The van der Waals surface area contributed by atoms with Gasteiger partial charge in [-0.05, 0) is 48.2 Å². The van der Waals surface area contributed by atoms with Crippen LogP contribution in [0.5, 0.6) is 0 Å². The molecule has 158 valence electrons. The number of carbonyl (C=O) groups is 3. The minimum absolute atomic E-state index is 0.0298. The van der Waals surface area contributed by atoms with Gasteiger partial charge in [-0.25, -0.2) is 0 Å². The third-order valence-electron chi connectivity index (χ3n) is 5.67. The van der Waals surface area contributed by atoms with Gasteiger partial charge in [0.05, 0.1) is 5.92 Å². The van der Waals surface area contributed by atoms with Crippen molar-refractivity contribution in [1.29, 1.82) is 0 Å². The molecule has 6 nitrogen and oxygen atoms in total. The first-order valence-corrected chi connectivity index (χ1v) is 10.3. The lowest BCUT2D eigenvalue weighted by Gasteiger charge is -2.23. The second-order valence-corrected chi connectivity index (χ2v) is 8.04. The Morgan fingerprint density at radius 1 is 1.13 bits per heavy atom. The van der Waals surface area contributed by atoms with Crippen LogP contribution in [0.2, 0.25) is 0 Å². The van der Waals surface area contributed by atoms with E-state index in [4.69, 9.17) is 0 Å². The van der Waals surface area contributed by atoms with E-state index in [-0.39, 0.29) is 24.1 Å². The van der Waals surface area contributed by atoms with Crippen molar-refractivity contribution in [3.05, 3.63) is 59.7 Å². The Bertz CT molecular complexity index is 937. The number of hydrogen-bond donors (Lipinski definition) is 1. The highest BCUT2D eigenvalue weighted by Gasteiger charge is 2.36. The van der Waals surface area contributed by atoms with Crippen molar-refractivity contribution in [3.8, 4) is 0 Å². The lowest BCUT2D eigenvalue weighted by Crippen LogP contribution is -2.29. The fraction of sp³-hybridized carbons (Fsp3) is 0.375. The molecule has 0 radical (unpaired) electrons. The number of rotatable bonds is 6. The molecule has 3 rings (SSSR count). The maximum Gasteiger partial charge on any atom is 0.253 e. The van der Waals surface area contributed by atoms with E-state index in [0.29, 0.717) is 23.7 Å². The van der Waals surface area contributed by atoms with Gasteiger partial charge in [-0.15, -0.1) is 0 Å². The lowest BCUT2D eigenvalue weighted by atomic mass is 9.96. The Morgan fingerprint density at radius 3 is 2.43 bits per heavy atom. The van der Waals surface area contributed by atoms with E-state index >= 15 is 0 Å². The van der Waals surface area contributed by atoms with Crippen LogP contribution in [0, 0.1) is 5.92 Å². The molecule has 1 aliphatic heterocycles. The Hall–Kier alpha value is -3.15. The molecular weight excluding hydrogens is 378 g/mol. The van der Waals surface area contributed by atoms with Crippen molar-refractivity contribution in [2.75, 3.05) is 30.9 Å². The SMILES string of the molecule is CC[C@@H](C)c1ccccc1N1C[C@H](C(=O)Nc2ccc(C(=O)N(C)C)cc2)CC1=O. The molecule has 6 heteroatoms. The van der Waals surface area contributed by atoms with E-state index in [1.54, 1.807) is 43.3 Å². The minimum atomic E-state index is -0.412. The molecule has 0 aliphatic carbocycles. The predicted molar refractivity (Wildman–Crippen MR) is 119 cm³/mol. The highest BCUT2D eigenvalue weighted by Crippen LogP contribution is 2.33. The molecule has 1 saturated heterocycles. The molecule has 3 amide bonds. The predicted octanol–water partition coefficient (Wildman–Crippen LogP) is 3.89. The summed E-state index contributed by atoms with van der Waals surface area (Å²) in [7, 11) is 3.39. The zero-order chi connectivity index (χ0) is 21.8. The fourth-order valence-electron chi connectivity index (χ4n) is 3.68. The van der Waals surface area contributed by atoms with Gasteiger partial charge in [0.25, 0.3) is 5.91 Å². The molecule has 1 heterocycles. The van der Waals surface area contributed by atoms with Crippen LogP contribution in [0.25, 0.3) is 0 Å². The summed E-state index contributed by atoms with van der Waals surface area (Å²) in [5, 5.41) is 2.88. The number of benzene rings is 2. The molecule has 0 spiro atoms. The Morgan fingerprint density at radius 2 is 1.80 bits per heavy atom. The van der Waals surface area contributed by atoms with Crippen LogP contribution in [0.4, 0.5) is 11.4 Å². The van der Waals surface area contributed by atoms with E-state index in [1.807, 2.05) is 18.2 Å². The minimum Gasteiger partial charge on any atom is -0.345 e. The third kappa shape index (κ3) is 4.53. The van der Waals surface area contributed by atoms with Gasteiger partial charge >= 0.3 is 0 Å². The van der Waals surface area contributed by atoms with Crippen molar-refractivity contribution in [2.45, 2.75) is 32.6 Å². The summed E-state index contributed by atoms with van der Waals surface area (Å²) >= 11 is 0. The second-order valence-electron chi connectivity index (χ2n) is 8.04. The molecule has 1 fully saturated rings. The smallest absolute Gasteiger partial charge is 0.253 e. The normalized spacial score (nSPS) is 17.0. The summed E-state index contributed by atoms with van der Waals surface area (Å²) in [6.07, 6.45) is 1.17. The van der Waals surface area contributed by atoms with Gasteiger partial charge in [0, 0.05) is 44.0 Å². The van der Waals surface area contributed by atoms with Crippen LogP contribution in [0.3, 0.4) is 0 Å². The molecule has 1 N–H and O–H groups in total. The summed E-state index contributed by atoms with van der Waals surface area (Å²) in [6, 6.07) is 14.7. The van der Waals surface area contributed by atoms with Crippen molar-refractivity contribution >= 4 is 29.1 Å². The number of nitrogens with one attached hydrogen (secondary N) is 1. The number of nitrogens with zero attached hydrogens (tertiary/aromatic N) is 2. The van der Waals surface area contributed by atoms with Crippen LogP contribution < -0.4 is 10.2 Å². The van der Waals surface area contributed by atoms with Gasteiger partial charge < -0.3 is 15.1 Å². The average molecular weight is 408 g/mol. The molecule has 30 heavy (non-hydrogen) atoms. The molecule has 2 aromatic rings. The Kier molecular flexibility index (Phi) is 6.55. The summed E-state index contributed by atoms with van der Waals surface area (Å²) in [5.41, 5.74) is 3.21. The van der Waals surface area contributed by atoms with Crippen molar-refractivity contribution in [3.63, 3.8) is 0 Å². The zero-order valence-corrected chi connectivity index (χ0v) is 18.0. The number of anilines is 2. The van der Waals surface area contributed by atoms with E-state index in [1.165, 1.54) is 4.90 Å². The highest BCUT2D eigenvalue weighted by atomic mass is 16.2. The largest absolute Gasteiger partial charge is 0.345 e. The first-order chi connectivity index (χ1) is 14.3. The number of carbonyl (C=O) groups excluding carboxylic acids is 3. The lowest BCUT2D eigenvalue weighted by molar-refractivity contribution is -0.122. The van der Waals surface area contributed by atoms with Crippen molar-refractivity contribution < 1.29 is 14.4 Å². The Balaban J connectivity index is 1.70. The van der Waals surface area contributed by atoms with Gasteiger partial charge in [0.1, 0.15) is 0 Å². The summed E-state index contributed by atoms with van der Waals surface area (Å²) in [4.78, 5) is 40.7. The quantitative estimate of drug-likeness (QED) is 0.790. The molecule has 2 atom stereocenters.